The van der Waals surface area contributed by atoms with Gasteiger partial charge in [-0.25, -0.2) is 0 Å². The van der Waals surface area contributed by atoms with E-state index in [-0.39, 0.29) is 17.4 Å². The Kier molecular flexibility index (Phi) is 6.01. The first-order chi connectivity index (χ1) is 9.06. The first-order valence-corrected chi connectivity index (χ1v) is 6.51. The molecule has 1 aromatic rings. The molecule has 0 spiro atoms. The summed E-state index contributed by atoms with van der Waals surface area (Å²) < 4.78 is 10.2. The molecule has 1 amide bonds. The minimum atomic E-state index is -1.19. The number of ether oxygens (including phenoxy) is 2. The third-order valence-corrected chi connectivity index (χ3v) is 3.04. The molecule has 0 fully saturated rings. The van der Waals surface area contributed by atoms with Crippen molar-refractivity contribution >= 4 is 29.3 Å². The van der Waals surface area contributed by atoms with E-state index in [9.17, 15) is 14.7 Å². The lowest BCUT2D eigenvalue weighted by molar-refractivity contribution is -0.301. The van der Waals surface area contributed by atoms with E-state index in [0.717, 1.165) is 11.8 Å². The molecule has 0 saturated heterocycles. The summed E-state index contributed by atoms with van der Waals surface area (Å²) in [5.41, 5.74) is 0.502. The van der Waals surface area contributed by atoms with Crippen molar-refractivity contribution < 1.29 is 24.2 Å². The highest BCUT2D eigenvalue weighted by molar-refractivity contribution is 8.00. The summed E-state index contributed by atoms with van der Waals surface area (Å²) in [6.07, 6.45) is 0. The van der Waals surface area contributed by atoms with Crippen molar-refractivity contribution in [3.8, 4) is 11.5 Å². The van der Waals surface area contributed by atoms with Gasteiger partial charge in [0.1, 0.15) is 11.5 Å². The van der Waals surface area contributed by atoms with E-state index in [1.54, 1.807) is 18.2 Å². The summed E-state index contributed by atoms with van der Waals surface area (Å²) in [5.74, 6) is -0.607. The third kappa shape index (κ3) is 5.09. The summed E-state index contributed by atoms with van der Waals surface area (Å²) in [7, 11) is 3.01. The molecule has 0 atom stereocenters. The summed E-state index contributed by atoms with van der Waals surface area (Å²) in [4.78, 5) is 21.8. The molecule has 0 saturated carbocycles. The van der Waals surface area contributed by atoms with Gasteiger partial charge in [-0.15, -0.1) is 11.8 Å². The number of methoxy groups -OCH3 is 2. The van der Waals surface area contributed by atoms with Gasteiger partial charge in [-0.05, 0) is 12.1 Å². The van der Waals surface area contributed by atoms with Crippen LogP contribution in [0.5, 0.6) is 11.5 Å². The Morgan fingerprint density at radius 1 is 1.26 bits per heavy atom. The minimum Gasteiger partial charge on any atom is -0.549 e. The number of benzene rings is 1. The molecular formula is C12H14NO5S-. The van der Waals surface area contributed by atoms with E-state index in [1.165, 1.54) is 14.2 Å². The second-order valence-corrected chi connectivity index (χ2v) is 4.46. The number of anilines is 1. The maximum atomic E-state index is 11.6. The van der Waals surface area contributed by atoms with E-state index in [1.807, 2.05) is 0 Å². The van der Waals surface area contributed by atoms with Crippen LogP contribution in [0.25, 0.3) is 0 Å². The van der Waals surface area contributed by atoms with Gasteiger partial charge in [-0.2, -0.15) is 0 Å². The molecule has 19 heavy (non-hydrogen) atoms. The average molecular weight is 284 g/mol. The van der Waals surface area contributed by atoms with Crippen molar-refractivity contribution in [2.75, 3.05) is 31.0 Å². The molecule has 0 aliphatic carbocycles. The number of hydrogen-bond donors (Lipinski definition) is 1. The zero-order valence-electron chi connectivity index (χ0n) is 10.6. The zero-order valence-corrected chi connectivity index (χ0v) is 11.4. The second-order valence-electron chi connectivity index (χ2n) is 3.48. The van der Waals surface area contributed by atoms with Crippen LogP contribution in [0.3, 0.4) is 0 Å². The number of aliphatic carboxylic acids is 1. The largest absolute Gasteiger partial charge is 0.549 e. The Morgan fingerprint density at radius 3 is 2.58 bits per heavy atom. The van der Waals surface area contributed by atoms with Gasteiger partial charge >= 0.3 is 0 Å². The maximum Gasteiger partial charge on any atom is 0.234 e. The number of rotatable bonds is 7. The SMILES string of the molecule is COc1ccc(NC(=O)CSCC(=O)[O-])c(OC)c1. The predicted octanol–water partition coefficient (Wildman–Crippen LogP) is 0.125. The van der Waals surface area contributed by atoms with Crippen LogP contribution in [-0.2, 0) is 9.59 Å². The van der Waals surface area contributed by atoms with E-state index >= 15 is 0 Å². The Labute approximate surface area is 115 Å². The molecule has 0 bridgehead atoms. The lowest BCUT2D eigenvalue weighted by Gasteiger charge is -2.11. The predicted molar refractivity (Wildman–Crippen MR) is 70.5 cm³/mol. The van der Waals surface area contributed by atoms with Gasteiger partial charge in [0.25, 0.3) is 0 Å². The minimum absolute atomic E-state index is 0.0309. The van der Waals surface area contributed by atoms with Gasteiger partial charge < -0.3 is 24.7 Å². The fourth-order valence-electron chi connectivity index (χ4n) is 1.32. The van der Waals surface area contributed by atoms with Crippen molar-refractivity contribution in [3.05, 3.63) is 18.2 Å². The van der Waals surface area contributed by atoms with Gasteiger partial charge in [-0.3, -0.25) is 4.79 Å². The van der Waals surface area contributed by atoms with E-state index in [4.69, 9.17) is 9.47 Å². The third-order valence-electron chi connectivity index (χ3n) is 2.14. The molecule has 7 heteroatoms. The number of hydrogen-bond acceptors (Lipinski definition) is 6. The Bertz CT molecular complexity index is 463. The molecule has 1 N–H and O–H groups in total. The van der Waals surface area contributed by atoms with Gasteiger partial charge in [0.15, 0.2) is 0 Å². The first kappa shape index (κ1) is 15.2. The van der Waals surface area contributed by atoms with Crippen LogP contribution >= 0.6 is 11.8 Å². The highest BCUT2D eigenvalue weighted by Crippen LogP contribution is 2.29. The molecule has 104 valence electrons. The molecular weight excluding hydrogens is 270 g/mol. The average Bonchev–Trinajstić information content (AvgIpc) is 2.38. The fraction of sp³-hybridized carbons (Fsp3) is 0.333. The van der Waals surface area contributed by atoms with Crippen molar-refractivity contribution in [2.45, 2.75) is 0 Å². The Morgan fingerprint density at radius 2 is 2.00 bits per heavy atom. The number of nitrogens with one attached hydrogen (secondary N) is 1. The number of carbonyl (C=O) groups excluding carboxylic acids is 2. The van der Waals surface area contributed by atoms with Crippen LogP contribution in [0.15, 0.2) is 18.2 Å². The number of carbonyl (C=O) groups is 2. The summed E-state index contributed by atoms with van der Waals surface area (Å²) in [6, 6.07) is 4.98. The number of amides is 1. The first-order valence-electron chi connectivity index (χ1n) is 5.36. The second kappa shape index (κ2) is 7.52. The number of carboxylic acid groups (broad SMARTS) is 1. The fourth-order valence-corrected chi connectivity index (χ4v) is 1.84. The van der Waals surface area contributed by atoms with Gasteiger partial charge in [0.05, 0.1) is 31.6 Å². The topological polar surface area (TPSA) is 87.7 Å². The van der Waals surface area contributed by atoms with E-state index < -0.39 is 5.97 Å². The molecule has 1 aromatic carbocycles. The van der Waals surface area contributed by atoms with Crippen LogP contribution in [0.1, 0.15) is 0 Å². The maximum absolute atomic E-state index is 11.6. The van der Waals surface area contributed by atoms with Crippen LogP contribution in [0.4, 0.5) is 5.69 Å². The van der Waals surface area contributed by atoms with Crippen LogP contribution in [0.2, 0.25) is 0 Å². The molecule has 0 heterocycles. The van der Waals surface area contributed by atoms with Crippen LogP contribution < -0.4 is 19.9 Å². The van der Waals surface area contributed by atoms with Gasteiger partial charge in [-0.1, -0.05) is 0 Å². The summed E-state index contributed by atoms with van der Waals surface area (Å²) >= 11 is 0.970. The van der Waals surface area contributed by atoms with Gasteiger partial charge in [0.2, 0.25) is 5.91 Å². The van der Waals surface area contributed by atoms with E-state index in [0.29, 0.717) is 17.2 Å². The smallest absolute Gasteiger partial charge is 0.234 e. The van der Waals surface area contributed by atoms with E-state index in [2.05, 4.69) is 5.32 Å². The highest BCUT2D eigenvalue weighted by Gasteiger charge is 2.08. The number of carboxylic acids is 1. The molecule has 0 unspecified atom stereocenters. The highest BCUT2D eigenvalue weighted by atomic mass is 32.2. The Balaban J connectivity index is 2.60. The lowest BCUT2D eigenvalue weighted by Crippen LogP contribution is -2.25. The standard InChI is InChI=1S/C12H15NO5S/c1-17-8-3-4-9(10(5-8)18-2)13-11(14)6-19-7-12(15)16/h3-5H,6-7H2,1-2H3,(H,13,14)(H,15,16)/p-1. The molecule has 0 aromatic heterocycles. The van der Waals surface area contributed by atoms with Crippen LogP contribution in [-0.4, -0.2) is 37.6 Å². The molecule has 6 nitrogen and oxygen atoms in total. The summed E-state index contributed by atoms with van der Waals surface area (Å²) in [5, 5.41) is 12.8. The molecule has 0 radical (unpaired) electrons. The zero-order chi connectivity index (χ0) is 14.3. The van der Waals surface area contributed by atoms with Crippen molar-refractivity contribution in [2.24, 2.45) is 0 Å². The van der Waals surface area contributed by atoms with Crippen molar-refractivity contribution in [1.29, 1.82) is 0 Å². The Hall–Kier alpha value is -1.89. The normalized spacial score (nSPS) is 9.79. The molecule has 1 rings (SSSR count). The number of thioether (sulfide) groups is 1. The van der Waals surface area contributed by atoms with Crippen LogP contribution in [0, 0.1) is 0 Å². The lowest BCUT2D eigenvalue weighted by atomic mass is 10.2. The molecule has 0 aliphatic heterocycles. The monoisotopic (exact) mass is 284 g/mol. The molecule has 0 aliphatic rings. The van der Waals surface area contributed by atoms with Gasteiger partial charge in [0, 0.05) is 11.8 Å². The summed E-state index contributed by atoms with van der Waals surface area (Å²) in [6.45, 7) is 0. The van der Waals surface area contributed by atoms with Crippen molar-refractivity contribution in [1.82, 2.24) is 0 Å². The quantitative estimate of drug-likeness (QED) is 0.765. The van der Waals surface area contributed by atoms with Crippen molar-refractivity contribution in [3.63, 3.8) is 0 Å².